The molecule has 1 fully saturated rings. The molecule has 2 aliphatic heterocycles. The van der Waals surface area contributed by atoms with Crippen LogP contribution in [0, 0.1) is 10.1 Å². The largest absolute Gasteiger partial charge is 0.444 e. The first-order valence-corrected chi connectivity index (χ1v) is 8.21. The zero-order valence-electron chi connectivity index (χ0n) is 14.2. The lowest BCUT2D eigenvalue weighted by molar-refractivity contribution is -0.384. The molecule has 1 saturated heterocycles. The number of carbonyl (C=O) groups excluding carboxylic acids is 1. The van der Waals surface area contributed by atoms with Crippen molar-refractivity contribution < 1.29 is 14.5 Å². The van der Waals surface area contributed by atoms with E-state index in [9.17, 15) is 14.9 Å². The smallest absolute Gasteiger partial charge is 0.411 e. The Morgan fingerprint density at radius 1 is 1.25 bits per heavy atom. The minimum Gasteiger partial charge on any atom is -0.444 e. The summed E-state index contributed by atoms with van der Waals surface area (Å²) in [6, 6.07) is 6.80. The number of hydrogen-bond donors (Lipinski definition) is 0. The van der Waals surface area contributed by atoms with E-state index in [1.807, 2.05) is 25.7 Å². The number of hydrogen-bond acceptors (Lipinski definition) is 4. The second-order valence-corrected chi connectivity index (χ2v) is 7.39. The molecular weight excluding hydrogens is 308 g/mol. The highest BCUT2D eigenvalue weighted by molar-refractivity contribution is 5.75. The topological polar surface area (TPSA) is 72.7 Å². The predicted octanol–water partition coefficient (Wildman–Crippen LogP) is 4.15. The molecule has 0 aromatic heterocycles. The average molecular weight is 330 g/mol. The zero-order chi connectivity index (χ0) is 17.5. The molecule has 24 heavy (non-hydrogen) atoms. The highest BCUT2D eigenvalue weighted by Crippen LogP contribution is 2.39. The Balaban J connectivity index is 1.79. The van der Waals surface area contributed by atoms with Crippen molar-refractivity contribution in [2.45, 2.75) is 57.7 Å². The van der Waals surface area contributed by atoms with Crippen LogP contribution in [-0.2, 0) is 4.74 Å². The van der Waals surface area contributed by atoms with E-state index in [0.717, 1.165) is 30.4 Å². The molecule has 2 bridgehead atoms. The van der Waals surface area contributed by atoms with Gasteiger partial charge >= 0.3 is 6.09 Å². The summed E-state index contributed by atoms with van der Waals surface area (Å²) in [6.45, 7) is 5.61. The maximum atomic E-state index is 12.4. The lowest BCUT2D eigenvalue weighted by Gasteiger charge is -2.35. The van der Waals surface area contributed by atoms with Crippen molar-refractivity contribution in [2.24, 2.45) is 0 Å². The molecule has 2 aliphatic rings. The number of nitro benzene ring substituents is 1. The van der Waals surface area contributed by atoms with Gasteiger partial charge in [0.05, 0.1) is 11.0 Å². The van der Waals surface area contributed by atoms with Crippen molar-refractivity contribution >= 4 is 17.4 Å². The van der Waals surface area contributed by atoms with Crippen LogP contribution in [0.15, 0.2) is 30.3 Å². The molecule has 6 nitrogen and oxygen atoms in total. The van der Waals surface area contributed by atoms with Crippen LogP contribution in [0.1, 0.15) is 45.6 Å². The maximum absolute atomic E-state index is 12.4. The molecule has 0 saturated carbocycles. The van der Waals surface area contributed by atoms with Crippen LogP contribution < -0.4 is 0 Å². The van der Waals surface area contributed by atoms with Crippen molar-refractivity contribution in [3.8, 4) is 0 Å². The van der Waals surface area contributed by atoms with E-state index in [1.165, 1.54) is 12.1 Å². The molecule has 1 aromatic carbocycles. The molecule has 128 valence electrons. The number of amides is 1. The van der Waals surface area contributed by atoms with Crippen LogP contribution in [0.4, 0.5) is 10.5 Å². The Labute approximate surface area is 141 Å². The van der Waals surface area contributed by atoms with E-state index in [2.05, 4.69) is 6.08 Å². The molecule has 0 N–H and O–H groups in total. The van der Waals surface area contributed by atoms with E-state index in [-0.39, 0.29) is 23.9 Å². The number of nitrogens with zero attached hydrogens (tertiary/aromatic N) is 2. The SMILES string of the molecule is CC(C)(C)OC(=O)N1C2C=C(c3ccc([N+](=O)[O-])cc3)CC1CC2. The summed E-state index contributed by atoms with van der Waals surface area (Å²) in [5.41, 5.74) is 1.73. The van der Waals surface area contributed by atoms with Gasteiger partial charge in [-0.05, 0) is 63.3 Å². The summed E-state index contributed by atoms with van der Waals surface area (Å²) in [5, 5.41) is 10.8. The number of ether oxygens (including phenoxy) is 1. The van der Waals surface area contributed by atoms with E-state index in [1.54, 1.807) is 12.1 Å². The number of carbonyl (C=O) groups is 1. The Morgan fingerprint density at radius 2 is 1.92 bits per heavy atom. The summed E-state index contributed by atoms with van der Waals surface area (Å²) in [6.07, 6.45) is 4.49. The van der Waals surface area contributed by atoms with Crippen LogP contribution in [0.25, 0.3) is 5.57 Å². The third-order valence-corrected chi connectivity index (χ3v) is 4.45. The number of nitro groups is 1. The second kappa shape index (κ2) is 5.92. The number of rotatable bonds is 2. The first-order valence-electron chi connectivity index (χ1n) is 8.21. The van der Waals surface area contributed by atoms with Gasteiger partial charge in [-0.2, -0.15) is 0 Å². The maximum Gasteiger partial charge on any atom is 0.411 e. The van der Waals surface area contributed by atoms with Crippen LogP contribution in [0.2, 0.25) is 0 Å². The predicted molar refractivity (Wildman–Crippen MR) is 90.6 cm³/mol. The molecule has 0 spiro atoms. The molecular formula is C18H22N2O4. The Kier molecular flexibility index (Phi) is 4.07. The van der Waals surface area contributed by atoms with E-state index < -0.39 is 10.5 Å². The third-order valence-electron chi connectivity index (χ3n) is 4.45. The quantitative estimate of drug-likeness (QED) is 0.603. The van der Waals surface area contributed by atoms with Gasteiger partial charge in [0.25, 0.3) is 5.69 Å². The van der Waals surface area contributed by atoms with Gasteiger partial charge in [0.1, 0.15) is 5.60 Å². The van der Waals surface area contributed by atoms with Crippen molar-refractivity contribution in [1.29, 1.82) is 0 Å². The van der Waals surface area contributed by atoms with Crippen LogP contribution >= 0.6 is 0 Å². The minimum absolute atomic E-state index is 0.0452. The Bertz CT molecular complexity index is 688. The number of benzene rings is 1. The Morgan fingerprint density at radius 3 is 2.46 bits per heavy atom. The van der Waals surface area contributed by atoms with Gasteiger partial charge in [0.15, 0.2) is 0 Å². The second-order valence-electron chi connectivity index (χ2n) is 7.39. The summed E-state index contributed by atoms with van der Waals surface area (Å²) in [5.74, 6) is 0. The van der Waals surface area contributed by atoms with Gasteiger partial charge < -0.3 is 4.74 Å². The Hall–Kier alpha value is -2.37. The molecule has 2 heterocycles. The molecule has 2 atom stereocenters. The highest BCUT2D eigenvalue weighted by Gasteiger charge is 2.41. The van der Waals surface area contributed by atoms with Crippen molar-refractivity contribution in [1.82, 2.24) is 4.90 Å². The molecule has 6 heteroatoms. The van der Waals surface area contributed by atoms with Crippen molar-refractivity contribution in [2.75, 3.05) is 0 Å². The lowest BCUT2D eigenvalue weighted by atomic mass is 9.95. The lowest BCUT2D eigenvalue weighted by Crippen LogP contribution is -2.45. The van der Waals surface area contributed by atoms with E-state index in [4.69, 9.17) is 4.74 Å². The fraction of sp³-hybridized carbons (Fsp3) is 0.500. The van der Waals surface area contributed by atoms with Gasteiger partial charge in [0, 0.05) is 18.2 Å². The summed E-state index contributed by atoms with van der Waals surface area (Å²) in [4.78, 5) is 24.7. The molecule has 1 amide bonds. The molecule has 3 rings (SSSR count). The minimum atomic E-state index is -0.501. The molecule has 0 aliphatic carbocycles. The van der Waals surface area contributed by atoms with Crippen LogP contribution in [-0.4, -0.2) is 33.6 Å². The van der Waals surface area contributed by atoms with Gasteiger partial charge in [-0.3, -0.25) is 15.0 Å². The van der Waals surface area contributed by atoms with E-state index >= 15 is 0 Å². The van der Waals surface area contributed by atoms with Gasteiger partial charge in [0.2, 0.25) is 0 Å². The molecule has 2 unspecified atom stereocenters. The summed E-state index contributed by atoms with van der Waals surface area (Å²) in [7, 11) is 0. The first kappa shape index (κ1) is 16.5. The van der Waals surface area contributed by atoms with Crippen molar-refractivity contribution in [3.05, 3.63) is 46.0 Å². The first-order chi connectivity index (χ1) is 11.2. The fourth-order valence-electron chi connectivity index (χ4n) is 3.44. The van der Waals surface area contributed by atoms with Gasteiger partial charge in [-0.1, -0.05) is 6.08 Å². The summed E-state index contributed by atoms with van der Waals surface area (Å²) < 4.78 is 5.52. The normalized spacial score (nSPS) is 23.0. The summed E-state index contributed by atoms with van der Waals surface area (Å²) >= 11 is 0. The number of fused-ring (bicyclic) bond motifs is 2. The number of non-ortho nitro benzene ring substituents is 1. The van der Waals surface area contributed by atoms with Gasteiger partial charge in [-0.15, -0.1) is 0 Å². The molecule has 0 radical (unpaired) electrons. The standard InChI is InChI=1S/C18H22N2O4/c1-18(2,3)24-17(21)19-15-8-9-16(19)11-13(10-15)12-4-6-14(7-5-12)20(22)23/h4-7,10,15-16H,8-9,11H2,1-3H3. The van der Waals surface area contributed by atoms with E-state index in [0.29, 0.717) is 0 Å². The zero-order valence-corrected chi connectivity index (χ0v) is 14.2. The van der Waals surface area contributed by atoms with Crippen LogP contribution in [0.3, 0.4) is 0 Å². The fourth-order valence-corrected chi connectivity index (χ4v) is 3.44. The monoisotopic (exact) mass is 330 g/mol. The van der Waals surface area contributed by atoms with Crippen LogP contribution in [0.5, 0.6) is 0 Å². The van der Waals surface area contributed by atoms with Crippen molar-refractivity contribution in [3.63, 3.8) is 0 Å². The molecule has 1 aromatic rings. The van der Waals surface area contributed by atoms with Gasteiger partial charge in [-0.25, -0.2) is 4.79 Å². The average Bonchev–Trinajstić information content (AvgIpc) is 2.76. The highest BCUT2D eigenvalue weighted by atomic mass is 16.6. The third kappa shape index (κ3) is 3.27.